The van der Waals surface area contributed by atoms with Crippen molar-refractivity contribution in [3.05, 3.63) is 48.6 Å². The van der Waals surface area contributed by atoms with Crippen molar-refractivity contribution in [2.75, 3.05) is 0 Å². The Kier molecular flexibility index (Phi) is 5.63. The van der Waals surface area contributed by atoms with E-state index in [0.717, 1.165) is 0 Å². The lowest BCUT2D eigenvalue weighted by Gasteiger charge is -2.45. The molecule has 2 aliphatic rings. The number of hydrogen-bond donors (Lipinski definition) is 0. The predicted molar refractivity (Wildman–Crippen MR) is 98.6 cm³/mol. The molecule has 0 amide bonds. The SMILES string of the molecule is CC[Si](CC)(O[Si](CC)(CC)C1C=CC=C1)C1C=CC=C1. The van der Waals surface area contributed by atoms with Crippen LogP contribution in [0.2, 0.25) is 35.3 Å². The van der Waals surface area contributed by atoms with Crippen molar-refractivity contribution >= 4 is 16.6 Å². The third kappa shape index (κ3) is 3.10. The van der Waals surface area contributed by atoms with Gasteiger partial charge in [0, 0.05) is 11.1 Å². The Balaban J connectivity index is 2.31. The molecule has 3 heteroatoms. The molecule has 0 fully saturated rings. The van der Waals surface area contributed by atoms with Crippen LogP contribution in [0.1, 0.15) is 27.7 Å². The molecule has 0 atom stereocenters. The normalized spacial score (nSPS) is 19.2. The quantitative estimate of drug-likeness (QED) is 0.501. The second kappa shape index (κ2) is 7.08. The first-order chi connectivity index (χ1) is 10.2. The molecular weight excluding hydrogens is 288 g/mol. The van der Waals surface area contributed by atoms with Crippen LogP contribution >= 0.6 is 0 Å². The Hall–Kier alpha value is -0.646. The second-order valence-electron chi connectivity index (χ2n) is 6.24. The minimum Gasteiger partial charge on any atom is -0.454 e. The molecule has 0 aliphatic heterocycles. The first-order valence-electron chi connectivity index (χ1n) is 8.56. The van der Waals surface area contributed by atoms with Crippen LogP contribution in [0.15, 0.2) is 48.6 Å². The summed E-state index contributed by atoms with van der Waals surface area (Å²) in [5.74, 6) is 0. The maximum Gasteiger partial charge on any atom is 0.189 e. The van der Waals surface area contributed by atoms with Gasteiger partial charge in [-0.25, -0.2) is 0 Å². The fraction of sp³-hybridized carbons (Fsp3) is 0.556. The summed E-state index contributed by atoms with van der Waals surface area (Å²) in [6, 6.07) is 4.88. The van der Waals surface area contributed by atoms with Crippen molar-refractivity contribution in [1.82, 2.24) is 0 Å². The topological polar surface area (TPSA) is 9.23 Å². The maximum absolute atomic E-state index is 7.26. The molecule has 0 heterocycles. The van der Waals surface area contributed by atoms with Gasteiger partial charge in [-0.3, -0.25) is 0 Å². The molecule has 2 rings (SSSR count). The van der Waals surface area contributed by atoms with Gasteiger partial charge in [-0.05, 0) is 24.2 Å². The van der Waals surface area contributed by atoms with E-state index >= 15 is 0 Å². The van der Waals surface area contributed by atoms with Crippen molar-refractivity contribution in [1.29, 1.82) is 0 Å². The molecule has 0 aromatic rings. The Bertz CT molecular complexity index is 388. The summed E-state index contributed by atoms with van der Waals surface area (Å²) in [5.41, 5.74) is 1.15. The lowest BCUT2D eigenvalue weighted by molar-refractivity contribution is 0.500. The molecule has 0 unspecified atom stereocenters. The van der Waals surface area contributed by atoms with E-state index in [1.165, 1.54) is 24.2 Å². The maximum atomic E-state index is 7.26. The molecule has 0 spiro atoms. The van der Waals surface area contributed by atoms with E-state index in [9.17, 15) is 0 Å². The third-order valence-corrected chi connectivity index (χ3v) is 16.8. The van der Waals surface area contributed by atoms with Crippen molar-refractivity contribution in [3.8, 4) is 0 Å². The van der Waals surface area contributed by atoms with Gasteiger partial charge in [0.2, 0.25) is 0 Å². The monoisotopic (exact) mass is 318 g/mol. The standard InChI is InChI=1S/C18H30OSi2/c1-5-20(6-2,17-13-9-10-14-17)19-21(7-3,8-4)18-15-11-12-16-18/h9-18H,5-8H2,1-4H3. The van der Waals surface area contributed by atoms with Crippen molar-refractivity contribution < 1.29 is 4.12 Å². The zero-order valence-electron chi connectivity index (χ0n) is 14.0. The van der Waals surface area contributed by atoms with E-state index < -0.39 is 16.6 Å². The highest BCUT2D eigenvalue weighted by atomic mass is 28.4. The molecule has 0 aromatic heterocycles. The molecular formula is C18H30OSi2. The smallest absolute Gasteiger partial charge is 0.189 e. The van der Waals surface area contributed by atoms with Crippen LogP contribution in [-0.2, 0) is 4.12 Å². The first kappa shape index (κ1) is 16.7. The van der Waals surface area contributed by atoms with Gasteiger partial charge in [-0.2, -0.15) is 0 Å². The highest BCUT2D eigenvalue weighted by Gasteiger charge is 2.48. The van der Waals surface area contributed by atoms with E-state index in [1.807, 2.05) is 0 Å². The molecule has 2 aliphatic carbocycles. The number of hydrogen-bond acceptors (Lipinski definition) is 1. The van der Waals surface area contributed by atoms with Crippen molar-refractivity contribution in [2.24, 2.45) is 0 Å². The number of rotatable bonds is 8. The molecule has 0 aromatic carbocycles. The zero-order valence-corrected chi connectivity index (χ0v) is 16.0. The molecule has 116 valence electrons. The molecule has 0 saturated carbocycles. The predicted octanol–water partition coefficient (Wildman–Crippen LogP) is 5.97. The molecule has 0 saturated heterocycles. The van der Waals surface area contributed by atoms with Gasteiger partial charge in [0.15, 0.2) is 16.6 Å². The number of allylic oxidation sites excluding steroid dienone is 8. The van der Waals surface area contributed by atoms with Crippen molar-refractivity contribution in [3.63, 3.8) is 0 Å². The van der Waals surface area contributed by atoms with Crippen LogP contribution in [0.5, 0.6) is 0 Å². The van der Waals surface area contributed by atoms with Crippen LogP contribution in [0, 0.1) is 0 Å². The molecule has 0 N–H and O–H groups in total. The Labute approximate surface area is 132 Å². The average molecular weight is 319 g/mol. The Morgan fingerprint density at radius 3 is 1.14 bits per heavy atom. The van der Waals surface area contributed by atoms with E-state index in [1.54, 1.807) is 0 Å². The van der Waals surface area contributed by atoms with Crippen LogP contribution in [0.3, 0.4) is 0 Å². The summed E-state index contributed by atoms with van der Waals surface area (Å²) in [7, 11) is -3.47. The van der Waals surface area contributed by atoms with Gasteiger partial charge in [-0.1, -0.05) is 76.3 Å². The lowest BCUT2D eigenvalue weighted by atomic mass is 10.5. The van der Waals surface area contributed by atoms with Crippen LogP contribution < -0.4 is 0 Å². The van der Waals surface area contributed by atoms with Gasteiger partial charge >= 0.3 is 0 Å². The van der Waals surface area contributed by atoms with Gasteiger partial charge in [0.05, 0.1) is 0 Å². The van der Waals surface area contributed by atoms with Gasteiger partial charge in [-0.15, -0.1) is 0 Å². The average Bonchev–Trinajstić information content (AvgIpc) is 3.23. The van der Waals surface area contributed by atoms with Gasteiger partial charge < -0.3 is 4.12 Å². The van der Waals surface area contributed by atoms with Crippen LogP contribution in [-0.4, -0.2) is 16.6 Å². The highest BCUT2D eigenvalue weighted by Crippen LogP contribution is 2.44. The van der Waals surface area contributed by atoms with E-state index in [4.69, 9.17) is 4.12 Å². The van der Waals surface area contributed by atoms with E-state index in [2.05, 4.69) is 76.3 Å². The minimum atomic E-state index is -1.73. The summed E-state index contributed by atoms with van der Waals surface area (Å²) < 4.78 is 7.26. The summed E-state index contributed by atoms with van der Waals surface area (Å²) in [6.45, 7) is 9.39. The largest absolute Gasteiger partial charge is 0.454 e. The van der Waals surface area contributed by atoms with Crippen LogP contribution in [0.4, 0.5) is 0 Å². The third-order valence-electron chi connectivity index (χ3n) is 5.51. The van der Waals surface area contributed by atoms with Crippen molar-refractivity contribution in [2.45, 2.75) is 63.0 Å². The Morgan fingerprint density at radius 1 is 0.619 bits per heavy atom. The fourth-order valence-corrected chi connectivity index (χ4v) is 15.2. The molecule has 0 bridgehead atoms. The minimum absolute atomic E-state index is 0.576. The van der Waals surface area contributed by atoms with Gasteiger partial charge in [0.1, 0.15) is 0 Å². The summed E-state index contributed by atoms with van der Waals surface area (Å²) in [6.07, 6.45) is 18.3. The second-order valence-corrected chi connectivity index (χ2v) is 15.5. The summed E-state index contributed by atoms with van der Waals surface area (Å²) in [4.78, 5) is 0. The highest BCUT2D eigenvalue weighted by molar-refractivity contribution is 6.89. The van der Waals surface area contributed by atoms with E-state index in [-0.39, 0.29) is 0 Å². The lowest BCUT2D eigenvalue weighted by Crippen LogP contribution is -2.54. The fourth-order valence-electron chi connectivity index (χ4n) is 3.84. The summed E-state index contributed by atoms with van der Waals surface area (Å²) in [5, 5.41) is 0. The molecule has 21 heavy (non-hydrogen) atoms. The first-order valence-corrected chi connectivity index (χ1v) is 13.4. The van der Waals surface area contributed by atoms with Gasteiger partial charge in [0.25, 0.3) is 0 Å². The Morgan fingerprint density at radius 2 is 0.905 bits per heavy atom. The van der Waals surface area contributed by atoms with E-state index in [0.29, 0.717) is 11.1 Å². The summed E-state index contributed by atoms with van der Waals surface area (Å²) >= 11 is 0. The molecule has 1 nitrogen and oxygen atoms in total. The zero-order chi connectivity index (χ0) is 15.3. The molecule has 0 radical (unpaired) electrons. The van der Waals surface area contributed by atoms with Crippen LogP contribution in [0.25, 0.3) is 0 Å².